The van der Waals surface area contributed by atoms with Crippen molar-refractivity contribution in [2.45, 2.75) is 90.4 Å². The molecule has 3 aromatic heterocycles. The molecule has 0 bridgehead atoms. The van der Waals surface area contributed by atoms with Gasteiger partial charge in [-0.05, 0) is 26.3 Å². The van der Waals surface area contributed by atoms with Gasteiger partial charge >= 0.3 is 0 Å². The number of nitrogens with zero attached hydrogens (tertiary/aromatic N) is 5. The molecule has 5 rings (SSSR count). The summed E-state index contributed by atoms with van der Waals surface area (Å²) >= 11 is 17.7. The zero-order chi connectivity index (χ0) is 31.8. The number of halogens is 4. The summed E-state index contributed by atoms with van der Waals surface area (Å²) in [6.45, 7) is 4.10. The van der Waals surface area contributed by atoms with E-state index in [-0.39, 0.29) is 58.5 Å². The van der Waals surface area contributed by atoms with Crippen LogP contribution in [-0.2, 0) is 15.9 Å². The predicted octanol–water partition coefficient (Wildman–Crippen LogP) is 2.19. The lowest BCUT2D eigenvalue weighted by Gasteiger charge is -2.17. The summed E-state index contributed by atoms with van der Waals surface area (Å²) in [4.78, 5) is 15.7. The number of hydrogen-bond acceptors (Lipinski definition) is 13. The molecule has 1 saturated carbocycles. The van der Waals surface area contributed by atoms with Crippen molar-refractivity contribution in [1.82, 2.24) is 24.5 Å². The van der Waals surface area contributed by atoms with Gasteiger partial charge < -0.3 is 50.4 Å². The summed E-state index contributed by atoms with van der Waals surface area (Å²) in [6, 6.07) is 1.32. The molecule has 264 valence electrons. The van der Waals surface area contributed by atoms with Gasteiger partial charge in [-0.15, -0.1) is 12.4 Å². The minimum atomic E-state index is -1.15. The minimum absolute atomic E-state index is 0. The molecule has 2 aliphatic rings. The summed E-state index contributed by atoms with van der Waals surface area (Å²) in [6.07, 6.45) is -0.159. The van der Waals surface area contributed by atoms with Crippen LogP contribution in [0.25, 0.3) is 11.0 Å². The predicted molar refractivity (Wildman–Crippen MR) is 178 cm³/mol. The lowest BCUT2D eigenvalue weighted by Crippen LogP contribution is -2.35. The fourth-order valence-electron chi connectivity index (χ4n) is 4.77. The zero-order valence-corrected chi connectivity index (χ0v) is 27.0. The quantitative estimate of drug-likeness (QED) is 0.173. The van der Waals surface area contributed by atoms with Crippen LogP contribution >= 0.6 is 47.2 Å². The Morgan fingerprint density at radius 2 is 1.52 bits per heavy atom. The van der Waals surface area contributed by atoms with Crippen LogP contribution in [0.3, 0.4) is 0 Å². The SMILES string of the molecule is C.C.CCOC(C)Cc1c(Cl)ncnc1Cl.Cl.N[C@@H]1C[C@H](CO)[C@@H](O)[C@H]1O.OC[C@H]1O[C@@H](n2ccc3c(Cl)ncnc32)[C@H](O)[C@@H]1O. The van der Waals surface area contributed by atoms with Crippen molar-refractivity contribution in [3.05, 3.63) is 45.9 Å². The Morgan fingerprint density at radius 1 is 0.935 bits per heavy atom. The number of rotatable bonds is 7. The van der Waals surface area contributed by atoms with Crippen molar-refractivity contribution in [2.24, 2.45) is 11.7 Å². The van der Waals surface area contributed by atoms with Crippen molar-refractivity contribution in [2.75, 3.05) is 19.8 Å². The smallest absolute Gasteiger partial charge is 0.164 e. The maximum atomic E-state index is 9.98. The van der Waals surface area contributed by atoms with Crippen LogP contribution in [0.1, 0.15) is 46.9 Å². The average Bonchev–Trinajstić information content (AvgIpc) is 3.62. The van der Waals surface area contributed by atoms with Crippen LogP contribution in [0.4, 0.5) is 0 Å². The molecule has 1 aliphatic heterocycles. The standard InChI is InChI=1S/C11H12ClN3O4.C9H12Cl2N2O.C6H13NO3.2CH4.ClH/c12-9-5-1-2-15(10(5)14-4-13-9)11-8(18)7(17)6(3-16)19-11;1-3-14-6(2)4-7-8(10)12-5-13-9(7)11;7-4-1-3(2-8)5(9)6(4)10;;;/h1-2,4,6-8,11,16-18H,3H2;5-6H,3-4H2,1-2H3;3-6,8-10H,1-2,7H2;2*1H4;1H/t6-,7-,8-,11-;;3-,4-,5-,6+;;;/m1.1.../s1. The van der Waals surface area contributed by atoms with E-state index in [1.807, 2.05) is 13.8 Å². The molecule has 9 atom stereocenters. The van der Waals surface area contributed by atoms with Gasteiger partial charge in [0.2, 0.25) is 0 Å². The van der Waals surface area contributed by atoms with E-state index in [2.05, 4.69) is 19.9 Å². The molecule has 1 unspecified atom stereocenters. The third-order valence-corrected chi connectivity index (χ3v) is 8.07. The highest BCUT2D eigenvalue weighted by molar-refractivity contribution is 6.34. The van der Waals surface area contributed by atoms with E-state index < -0.39 is 36.7 Å². The number of ether oxygens (including phenoxy) is 2. The Morgan fingerprint density at radius 3 is 2.00 bits per heavy atom. The van der Waals surface area contributed by atoms with Gasteiger partial charge in [0, 0.05) is 43.4 Å². The van der Waals surface area contributed by atoms with E-state index in [4.69, 9.17) is 70.4 Å². The van der Waals surface area contributed by atoms with E-state index in [9.17, 15) is 10.2 Å². The van der Waals surface area contributed by atoms with Crippen molar-refractivity contribution < 1.29 is 40.1 Å². The Bertz CT molecular complexity index is 1290. The van der Waals surface area contributed by atoms with Gasteiger partial charge in [0.15, 0.2) is 6.23 Å². The molecule has 46 heavy (non-hydrogen) atoms. The molecule has 0 spiro atoms. The summed E-state index contributed by atoms with van der Waals surface area (Å²) in [5, 5.41) is 57.4. The van der Waals surface area contributed by atoms with Crippen molar-refractivity contribution in [3.8, 4) is 0 Å². The number of nitrogens with two attached hydrogens (primary N) is 1. The monoisotopic (exact) mass is 734 g/mol. The van der Waals surface area contributed by atoms with Gasteiger partial charge in [-0.1, -0.05) is 49.7 Å². The highest BCUT2D eigenvalue weighted by Crippen LogP contribution is 2.33. The molecule has 3 aromatic rings. The highest BCUT2D eigenvalue weighted by atomic mass is 35.5. The van der Waals surface area contributed by atoms with E-state index in [1.54, 1.807) is 16.8 Å². The normalized spacial score (nSPS) is 27.2. The Balaban J connectivity index is 0.000000672. The van der Waals surface area contributed by atoms with Crippen molar-refractivity contribution in [1.29, 1.82) is 0 Å². The van der Waals surface area contributed by atoms with Crippen LogP contribution < -0.4 is 5.73 Å². The first-order valence-electron chi connectivity index (χ1n) is 13.5. The molecular formula is C28H46Cl4N6O8. The number of aromatic nitrogens is 5. The first-order valence-corrected chi connectivity index (χ1v) is 14.7. The first kappa shape index (κ1) is 44.5. The lowest BCUT2D eigenvalue weighted by atomic mass is 10.1. The number of fused-ring (bicyclic) bond motifs is 1. The summed E-state index contributed by atoms with van der Waals surface area (Å²) in [7, 11) is 0. The second kappa shape index (κ2) is 20.8. The van der Waals surface area contributed by atoms with Gasteiger partial charge in [-0.25, -0.2) is 19.9 Å². The minimum Gasteiger partial charge on any atom is -0.396 e. The molecule has 1 saturated heterocycles. The van der Waals surface area contributed by atoms with Gasteiger partial charge in [0.25, 0.3) is 0 Å². The number of hydrogen-bond donors (Lipinski definition) is 7. The Labute approximate surface area is 289 Å². The van der Waals surface area contributed by atoms with Crippen molar-refractivity contribution in [3.63, 3.8) is 0 Å². The topological polar surface area (TPSA) is 222 Å². The maximum Gasteiger partial charge on any atom is 0.164 e. The molecule has 8 N–H and O–H groups in total. The second-order valence-corrected chi connectivity index (χ2v) is 11.2. The summed E-state index contributed by atoms with van der Waals surface area (Å²) in [5.74, 6) is -0.245. The molecular weight excluding hydrogens is 690 g/mol. The maximum absolute atomic E-state index is 9.98. The number of aliphatic hydroxyl groups is 6. The molecule has 2 fully saturated rings. The third-order valence-electron chi connectivity index (χ3n) is 7.12. The summed E-state index contributed by atoms with van der Waals surface area (Å²) < 4.78 is 12.4. The lowest BCUT2D eigenvalue weighted by molar-refractivity contribution is -0.0508. The molecule has 14 nitrogen and oxygen atoms in total. The fourth-order valence-corrected chi connectivity index (χ4v) is 5.43. The van der Waals surface area contributed by atoms with E-state index >= 15 is 0 Å². The Kier molecular flexibility index (Phi) is 20.1. The van der Waals surface area contributed by atoms with Crippen LogP contribution in [0.2, 0.25) is 15.5 Å². The van der Waals surface area contributed by atoms with Crippen LogP contribution in [-0.4, -0.2) is 118 Å². The fraction of sp³-hybridized carbons (Fsp3) is 0.643. The second-order valence-electron chi connectivity index (χ2n) is 10.1. The Hall–Kier alpha value is -1.50. The number of aliphatic hydroxyl groups excluding tert-OH is 6. The first-order chi connectivity index (χ1) is 20.4. The molecule has 1 aliphatic carbocycles. The molecule has 0 aromatic carbocycles. The zero-order valence-electron chi connectivity index (χ0n) is 23.9. The van der Waals surface area contributed by atoms with Gasteiger partial charge in [0.05, 0.1) is 30.3 Å². The van der Waals surface area contributed by atoms with Gasteiger partial charge in [-0.3, -0.25) is 0 Å². The molecule has 0 radical (unpaired) electrons. The largest absolute Gasteiger partial charge is 0.396 e. The van der Waals surface area contributed by atoms with E-state index in [1.165, 1.54) is 12.7 Å². The van der Waals surface area contributed by atoms with E-state index in [0.717, 1.165) is 5.56 Å². The van der Waals surface area contributed by atoms with Crippen LogP contribution in [0.5, 0.6) is 0 Å². The third kappa shape index (κ3) is 10.8. The molecule has 18 heteroatoms. The van der Waals surface area contributed by atoms with E-state index in [0.29, 0.717) is 45.9 Å². The molecule has 0 amide bonds. The average molecular weight is 737 g/mol. The van der Waals surface area contributed by atoms with Gasteiger partial charge in [-0.2, -0.15) is 0 Å². The van der Waals surface area contributed by atoms with Crippen LogP contribution in [0, 0.1) is 5.92 Å². The molecule has 4 heterocycles. The summed E-state index contributed by atoms with van der Waals surface area (Å²) in [5.41, 5.74) is 6.66. The van der Waals surface area contributed by atoms with Crippen molar-refractivity contribution >= 4 is 58.2 Å². The van der Waals surface area contributed by atoms with Crippen LogP contribution in [0.15, 0.2) is 24.9 Å². The highest BCUT2D eigenvalue weighted by Gasteiger charge is 2.43. The van der Waals surface area contributed by atoms with Gasteiger partial charge in [0.1, 0.15) is 52.1 Å².